The van der Waals surface area contributed by atoms with Crippen molar-refractivity contribution in [3.63, 3.8) is 0 Å². The molecule has 1 saturated carbocycles. The third-order valence-electron chi connectivity index (χ3n) is 18.1. The highest BCUT2D eigenvalue weighted by atomic mass is 32.2. The number of thioether (sulfide) groups is 1. The van der Waals surface area contributed by atoms with Crippen LogP contribution >= 0.6 is 11.8 Å². The fraction of sp³-hybridized carbons (Fsp3) is 0.594. The lowest BCUT2D eigenvalue weighted by Gasteiger charge is -2.43. The number of carbonyl (C=O) groups excluding carboxylic acids is 5. The number of benzene rings is 2. The minimum Gasteiger partial charge on any atom is -0.460 e. The average Bonchev–Trinajstić information content (AvgIpc) is 0.810. The molecule has 1 unspecified atom stereocenters. The van der Waals surface area contributed by atoms with Gasteiger partial charge in [0.2, 0.25) is 5.79 Å². The number of amides is 1. The van der Waals surface area contributed by atoms with Gasteiger partial charge in [-0.25, -0.2) is 4.79 Å². The molecule has 3 fully saturated rings. The molecule has 21 heteroatoms. The van der Waals surface area contributed by atoms with Crippen molar-refractivity contribution in [1.29, 1.82) is 5.26 Å². The molecule has 3 aliphatic heterocycles. The standard InChI is InChI=1S/C69H93F3N4O13S/c1-41-18-11-10-12-19-42(2)58(87-33-17-31-75-49-25-28-51(29-26-49)90-65(74)53(40-73)52-20-13-14-21-54(52)69(70,71)72)38-50-27-23-47(7)68(84,89-50)64(81)66(82)76-32-16-15-22-55(76)67(83)88-59(44(4)36-48-24-30-56(77)60(37-48)85-8)39-57(78)43(3)35-46(6)62(80)63(86-9)61(79)45(5)34-41/h10-14,18-21,25-26,28-29,35,41,43-45,47-48,50,55-56,58-60,62-63,75,77,80,84H,15-17,22-24,27,30-34,36-39,74H2,1-9H3/b12-10+,18-11+,42-19-,46-35+,65-53+/t41-,43-,44?,45-,47-,48-,50+,55+,56-,58+,59+,60-,62-,63+,68-/m1/s1. The molecular weight excluding hydrogens is 1180 g/mol. The number of aliphatic hydroxyl groups excluding tert-OH is 2. The van der Waals surface area contributed by atoms with Gasteiger partial charge in [-0.2, -0.15) is 18.4 Å². The van der Waals surface area contributed by atoms with Crippen molar-refractivity contribution in [2.45, 2.75) is 198 Å². The van der Waals surface area contributed by atoms with Crippen molar-refractivity contribution in [1.82, 2.24) is 4.90 Å². The van der Waals surface area contributed by atoms with Crippen LogP contribution in [0, 0.1) is 46.8 Å². The van der Waals surface area contributed by atoms with Gasteiger partial charge in [0.25, 0.3) is 11.7 Å². The van der Waals surface area contributed by atoms with Gasteiger partial charge in [-0.1, -0.05) is 101 Å². The summed E-state index contributed by atoms with van der Waals surface area (Å²) in [6.45, 7) is 13.2. The van der Waals surface area contributed by atoms with Crippen LogP contribution < -0.4 is 11.1 Å². The molecule has 4 aliphatic rings. The summed E-state index contributed by atoms with van der Waals surface area (Å²) >= 11 is 0.972. The molecule has 90 heavy (non-hydrogen) atoms. The number of cyclic esters (lactones) is 1. The lowest BCUT2D eigenvalue weighted by Crippen LogP contribution is -2.61. The summed E-state index contributed by atoms with van der Waals surface area (Å²) in [5.41, 5.74) is 6.56. The maximum Gasteiger partial charge on any atom is 0.417 e. The first-order chi connectivity index (χ1) is 42.7. The number of Topliss-reactive ketones (excluding diaryl/α,β-unsaturated/α-hetero) is 3. The molecule has 15 atom stereocenters. The summed E-state index contributed by atoms with van der Waals surface area (Å²) in [5, 5.41) is 47.6. The zero-order valence-electron chi connectivity index (χ0n) is 53.4. The monoisotopic (exact) mass is 1270 g/mol. The van der Waals surface area contributed by atoms with Crippen LogP contribution in [-0.2, 0) is 53.8 Å². The van der Waals surface area contributed by atoms with E-state index in [9.17, 15) is 57.7 Å². The SMILES string of the molecule is CO[C@@H]1C[C@@H](CC(C)[C@@H]2CC(=O)[C@H](C)/C=C(\C)[C@@H](O)[C@@H](OC)C(=O)[C@H](C)C[C@H](C)/C=C/C=C/C=C(/C)[C@@H](OCCCNc3ccc(S/C(N)=C(\C#N)c4ccccc4C(F)(F)F)cc3)C[C@@H]3CC[C@@H](C)[C@@](O)(O3)C(=O)C(=O)N3CCCC[C@H]3C(=O)O2)CC[C@H]1O. The smallest absolute Gasteiger partial charge is 0.417 e. The number of nitriles is 1. The number of ketones is 3. The minimum atomic E-state index is -4.68. The second-order valence-electron chi connectivity index (χ2n) is 25.0. The van der Waals surface area contributed by atoms with Crippen LogP contribution in [0.1, 0.15) is 143 Å². The van der Waals surface area contributed by atoms with Crippen LogP contribution in [-0.4, -0.2) is 138 Å². The first-order valence-electron chi connectivity index (χ1n) is 31.5. The Kier molecular flexibility index (Phi) is 27.7. The molecule has 0 aromatic heterocycles. The van der Waals surface area contributed by atoms with E-state index in [0.717, 1.165) is 34.0 Å². The Morgan fingerprint density at radius 3 is 2.32 bits per heavy atom. The van der Waals surface area contributed by atoms with E-state index >= 15 is 0 Å². The first kappa shape index (κ1) is 73.1. The number of allylic oxidation sites excluding steroid dienone is 7. The first-order valence-corrected chi connectivity index (χ1v) is 32.4. The molecule has 1 amide bonds. The molecule has 17 nitrogen and oxygen atoms in total. The van der Waals surface area contributed by atoms with E-state index in [4.69, 9.17) is 29.4 Å². The van der Waals surface area contributed by atoms with E-state index in [-0.39, 0.29) is 78.1 Å². The number of rotatable bonds is 14. The van der Waals surface area contributed by atoms with Gasteiger partial charge in [-0.3, -0.25) is 19.2 Å². The third-order valence-corrected chi connectivity index (χ3v) is 19.0. The highest BCUT2D eigenvalue weighted by Crippen LogP contribution is 2.40. The Morgan fingerprint density at radius 2 is 1.63 bits per heavy atom. The van der Waals surface area contributed by atoms with E-state index in [1.54, 1.807) is 65.1 Å². The Bertz CT molecular complexity index is 2980. The van der Waals surface area contributed by atoms with Crippen LogP contribution in [0.25, 0.3) is 5.57 Å². The van der Waals surface area contributed by atoms with E-state index in [2.05, 4.69) is 5.32 Å². The number of ether oxygens (including phenoxy) is 5. The van der Waals surface area contributed by atoms with Gasteiger partial charge in [0.05, 0.1) is 40.6 Å². The molecule has 3 heterocycles. The number of aliphatic hydroxyl groups is 3. The lowest BCUT2D eigenvalue weighted by molar-refractivity contribution is -0.266. The number of fused-ring (bicyclic) bond motifs is 3. The number of nitrogens with zero attached hydrogens (tertiary/aromatic N) is 2. The number of nitrogens with one attached hydrogen (secondary N) is 1. The number of methoxy groups -OCH3 is 2. The molecule has 1 aliphatic carbocycles. The number of alkyl halides is 3. The Morgan fingerprint density at radius 1 is 0.911 bits per heavy atom. The van der Waals surface area contributed by atoms with Gasteiger partial charge >= 0.3 is 12.1 Å². The molecule has 0 radical (unpaired) electrons. The number of hydrogen-bond donors (Lipinski definition) is 5. The summed E-state index contributed by atoms with van der Waals surface area (Å²) in [4.78, 5) is 73.8. The van der Waals surface area contributed by atoms with E-state index < -0.39 is 102 Å². The van der Waals surface area contributed by atoms with Gasteiger partial charge in [0.15, 0.2) is 5.78 Å². The summed E-state index contributed by atoms with van der Waals surface area (Å²) in [6.07, 6.45) is 5.56. The Hall–Kier alpha value is -5.96. The summed E-state index contributed by atoms with van der Waals surface area (Å²) < 4.78 is 71.8. The van der Waals surface area contributed by atoms with E-state index in [1.807, 2.05) is 57.2 Å². The van der Waals surface area contributed by atoms with Gasteiger partial charge in [0.1, 0.15) is 36.2 Å². The zero-order chi connectivity index (χ0) is 66.0. The van der Waals surface area contributed by atoms with Gasteiger partial charge in [-0.15, -0.1) is 0 Å². The Balaban J connectivity index is 1.23. The predicted octanol–water partition coefficient (Wildman–Crippen LogP) is 11.0. The number of nitrogens with two attached hydrogens (primary N) is 1. The molecule has 2 aromatic carbocycles. The zero-order valence-corrected chi connectivity index (χ0v) is 54.2. The highest BCUT2D eigenvalue weighted by Gasteiger charge is 2.53. The van der Waals surface area contributed by atoms with Crippen LogP contribution in [0.4, 0.5) is 18.9 Å². The number of carbonyl (C=O) groups is 5. The van der Waals surface area contributed by atoms with Crippen molar-refractivity contribution >= 4 is 52.2 Å². The molecule has 494 valence electrons. The summed E-state index contributed by atoms with van der Waals surface area (Å²) in [6, 6.07) is 12.4. The molecule has 6 rings (SSSR count). The van der Waals surface area contributed by atoms with Crippen LogP contribution in [0.2, 0.25) is 0 Å². The van der Waals surface area contributed by atoms with Gasteiger partial charge in [-0.05, 0) is 144 Å². The number of esters is 1. The normalized spacial score (nSPS) is 32.8. The topological polar surface area (TPSA) is 257 Å². The Labute approximate surface area is 532 Å². The third kappa shape index (κ3) is 19.8. The van der Waals surface area contributed by atoms with Crippen molar-refractivity contribution in [2.75, 3.05) is 39.2 Å². The number of hydrogen-bond acceptors (Lipinski definition) is 17. The van der Waals surface area contributed by atoms with Crippen molar-refractivity contribution in [3.8, 4) is 6.07 Å². The molecular formula is C69H93F3N4O13S. The molecule has 2 saturated heterocycles. The fourth-order valence-electron chi connectivity index (χ4n) is 12.6. The van der Waals surface area contributed by atoms with Crippen LogP contribution in [0.5, 0.6) is 0 Å². The van der Waals surface area contributed by atoms with E-state index in [1.165, 1.54) is 25.3 Å². The van der Waals surface area contributed by atoms with Gasteiger partial charge < -0.3 is 55.0 Å². The maximum absolute atomic E-state index is 14.6. The quantitative estimate of drug-likeness (QED) is 0.0294. The average molecular weight is 1280 g/mol. The van der Waals surface area contributed by atoms with Crippen LogP contribution in [0.15, 0.2) is 106 Å². The van der Waals surface area contributed by atoms with Crippen molar-refractivity contribution in [2.24, 2.45) is 41.2 Å². The highest BCUT2D eigenvalue weighted by molar-refractivity contribution is 8.03. The van der Waals surface area contributed by atoms with Gasteiger partial charge in [0, 0.05) is 80.7 Å². The maximum atomic E-state index is 14.6. The van der Waals surface area contributed by atoms with Crippen molar-refractivity contribution < 1.29 is 76.1 Å². The molecule has 0 spiro atoms. The predicted molar refractivity (Wildman–Crippen MR) is 338 cm³/mol. The number of piperidine rings is 1. The molecule has 2 aromatic rings. The molecule has 2 bridgehead atoms. The van der Waals surface area contributed by atoms with Crippen molar-refractivity contribution in [3.05, 3.63) is 112 Å². The van der Waals surface area contributed by atoms with Crippen LogP contribution in [0.3, 0.4) is 0 Å². The summed E-state index contributed by atoms with van der Waals surface area (Å²) in [7, 11) is 2.91. The lowest BCUT2D eigenvalue weighted by atomic mass is 9.78. The largest absolute Gasteiger partial charge is 0.460 e. The second-order valence-corrected chi connectivity index (χ2v) is 26.1. The summed E-state index contributed by atoms with van der Waals surface area (Å²) in [5.74, 6) is -8.73. The second kappa shape index (κ2) is 34.1. The fourth-order valence-corrected chi connectivity index (χ4v) is 13.4. The van der Waals surface area contributed by atoms with E-state index in [0.29, 0.717) is 81.2 Å². The minimum absolute atomic E-state index is 0.0256. The number of halogens is 3. The number of anilines is 1. The molecule has 6 N–H and O–H groups in total.